The molecule has 0 saturated carbocycles. The molecule has 0 unspecified atom stereocenters. The Balaban J connectivity index is 4.23. The van der Waals surface area contributed by atoms with Crippen molar-refractivity contribution in [3.05, 3.63) is 0 Å². The first-order valence-corrected chi connectivity index (χ1v) is 3.50. The number of carboxylic acid groups (broad SMARTS) is 1. The molecule has 6 nitrogen and oxygen atoms in total. The number of aliphatic hydroxyl groups excluding tert-OH is 1. The van der Waals surface area contributed by atoms with Crippen molar-refractivity contribution < 1.29 is 29.4 Å². The van der Waals surface area contributed by atoms with Gasteiger partial charge in [-0.3, -0.25) is 4.57 Å². The van der Waals surface area contributed by atoms with Crippen LogP contribution in [0.3, 0.4) is 0 Å². The number of rotatable bonds is 2. The molecule has 0 aliphatic rings. The fourth-order valence-corrected chi connectivity index (χ4v) is 0.432. The second-order valence-corrected chi connectivity index (χ2v) is 2.97. The predicted octanol–water partition coefficient (Wildman–Crippen LogP) is -1.43. The molecule has 0 saturated heterocycles. The molecule has 4 N–H and O–H groups in total. The van der Waals surface area contributed by atoms with Gasteiger partial charge in [-0.05, 0) is 0 Å². The van der Waals surface area contributed by atoms with Crippen LogP contribution in [0.2, 0.25) is 0 Å². The van der Waals surface area contributed by atoms with Crippen LogP contribution in [0.25, 0.3) is 0 Å². The van der Waals surface area contributed by atoms with Gasteiger partial charge in [0.1, 0.15) is 0 Å². The Kier molecular flexibility index (Phi) is 2.33. The van der Waals surface area contributed by atoms with Crippen molar-refractivity contribution in [2.45, 2.75) is 5.85 Å². The van der Waals surface area contributed by atoms with Crippen LogP contribution in [0.15, 0.2) is 0 Å². The molecule has 0 aromatic carbocycles. The monoisotopic (exact) mass is 156 g/mol. The van der Waals surface area contributed by atoms with Crippen molar-refractivity contribution in [2.75, 3.05) is 0 Å². The topological polar surface area (TPSA) is 115 Å². The standard InChI is InChI=1S/C2H5O6P/c3-1(4)2(5)9(6,7)8/h2,5H,(H,3,4)(H2,6,7,8)/t2-/m0/s1. The third-order valence-corrected chi connectivity index (χ3v) is 1.40. The zero-order valence-corrected chi connectivity index (χ0v) is 5.02. The molecule has 0 aliphatic carbocycles. The van der Waals surface area contributed by atoms with Crippen LogP contribution < -0.4 is 0 Å². The van der Waals surface area contributed by atoms with Gasteiger partial charge < -0.3 is 20.0 Å². The summed E-state index contributed by atoms with van der Waals surface area (Å²) >= 11 is 0. The lowest BCUT2D eigenvalue weighted by molar-refractivity contribution is -0.143. The van der Waals surface area contributed by atoms with Crippen molar-refractivity contribution in [1.82, 2.24) is 0 Å². The molecule has 0 spiro atoms. The Morgan fingerprint density at radius 3 is 1.78 bits per heavy atom. The lowest BCUT2D eigenvalue weighted by Crippen LogP contribution is -2.18. The van der Waals surface area contributed by atoms with Gasteiger partial charge in [0, 0.05) is 0 Å². The lowest BCUT2D eigenvalue weighted by atomic mass is 10.7. The van der Waals surface area contributed by atoms with Crippen LogP contribution in [-0.2, 0) is 9.36 Å². The van der Waals surface area contributed by atoms with Crippen LogP contribution in [-0.4, -0.2) is 31.8 Å². The van der Waals surface area contributed by atoms with Gasteiger partial charge in [-0.2, -0.15) is 0 Å². The highest BCUT2D eigenvalue weighted by Crippen LogP contribution is 2.39. The van der Waals surface area contributed by atoms with E-state index in [0.29, 0.717) is 0 Å². The number of hydrogen-bond acceptors (Lipinski definition) is 3. The minimum absolute atomic E-state index is 1.93. The summed E-state index contributed by atoms with van der Waals surface area (Å²) in [5, 5.41) is 15.9. The molecular weight excluding hydrogens is 151 g/mol. The first-order valence-electron chi connectivity index (χ1n) is 1.82. The highest BCUT2D eigenvalue weighted by molar-refractivity contribution is 7.53. The normalized spacial score (nSPS) is 15.0. The Bertz CT molecular complexity index is 156. The summed E-state index contributed by atoms with van der Waals surface area (Å²) in [6, 6.07) is 0. The number of carbonyl (C=O) groups is 1. The molecule has 7 heteroatoms. The predicted molar refractivity (Wildman–Crippen MR) is 25.7 cm³/mol. The third-order valence-electron chi connectivity index (χ3n) is 0.539. The molecule has 54 valence electrons. The smallest absolute Gasteiger partial charge is 0.365 e. The zero-order valence-electron chi connectivity index (χ0n) is 4.13. The molecule has 0 aromatic heterocycles. The van der Waals surface area contributed by atoms with E-state index >= 15 is 0 Å². The van der Waals surface area contributed by atoms with E-state index in [-0.39, 0.29) is 0 Å². The van der Waals surface area contributed by atoms with Crippen molar-refractivity contribution in [1.29, 1.82) is 0 Å². The number of hydrogen-bond donors (Lipinski definition) is 4. The van der Waals surface area contributed by atoms with Gasteiger partial charge >= 0.3 is 13.6 Å². The van der Waals surface area contributed by atoms with E-state index in [2.05, 4.69) is 0 Å². The van der Waals surface area contributed by atoms with E-state index < -0.39 is 19.4 Å². The Morgan fingerprint density at radius 1 is 1.44 bits per heavy atom. The molecule has 0 rings (SSSR count). The summed E-state index contributed by atoms with van der Waals surface area (Å²) in [6.45, 7) is 0. The van der Waals surface area contributed by atoms with Crippen LogP contribution >= 0.6 is 7.60 Å². The first kappa shape index (κ1) is 8.58. The molecule has 0 aromatic rings. The molecular formula is C2H5O6P. The van der Waals surface area contributed by atoms with Gasteiger partial charge in [0.2, 0.25) is 0 Å². The van der Waals surface area contributed by atoms with E-state index in [1.54, 1.807) is 0 Å². The molecule has 0 radical (unpaired) electrons. The van der Waals surface area contributed by atoms with Gasteiger partial charge in [0.25, 0.3) is 5.85 Å². The van der Waals surface area contributed by atoms with Gasteiger partial charge in [-0.15, -0.1) is 0 Å². The largest absolute Gasteiger partial charge is 0.479 e. The highest BCUT2D eigenvalue weighted by Gasteiger charge is 2.32. The maximum atomic E-state index is 9.84. The summed E-state index contributed by atoms with van der Waals surface area (Å²) in [4.78, 5) is 25.5. The maximum Gasteiger partial charge on any atom is 0.365 e. The molecule has 0 amide bonds. The fraction of sp³-hybridized carbons (Fsp3) is 0.500. The number of aliphatic carboxylic acids is 1. The first-order chi connectivity index (χ1) is 3.85. The van der Waals surface area contributed by atoms with Crippen LogP contribution in [0.5, 0.6) is 0 Å². The summed E-state index contributed by atoms with van der Waals surface area (Å²) in [5.41, 5.74) is 0. The quantitative estimate of drug-likeness (QED) is 0.364. The van der Waals surface area contributed by atoms with Crippen molar-refractivity contribution in [3.8, 4) is 0 Å². The van der Waals surface area contributed by atoms with Gasteiger partial charge in [0.15, 0.2) is 0 Å². The van der Waals surface area contributed by atoms with Crippen LogP contribution in [0, 0.1) is 0 Å². The van der Waals surface area contributed by atoms with E-state index in [1.807, 2.05) is 0 Å². The molecule has 0 fully saturated rings. The summed E-state index contributed by atoms with van der Waals surface area (Å²) in [5.74, 6) is -4.53. The average molecular weight is 156 g/mol. The van der Waals surface area contributed by atoms with E-state index in [1.165, 1.54) is 0 Å². The minimum Gasteiger partial charge on any atom is -0.479 e. The zero-order chi connectivity index (χ0) is 7.65. The summed E-state index contributed by atoms with van der Waals surface area (Å²) in [7, 11) is -4.86. The van der Waals surface area contributed by atoms with E-state index in [0.717, 1.165) is 0 Å². The second kappa shape index (κ2) is 2.45. The summed E-state index contributed by atoms with van der Waals surface area (Å²) < 4.78 is 9.84. The third kappa shape index (κ3) is 2.57. The van der Waals surface area contributed by atoms with Crippen molar-refractivity contribution in [3.63, 3.8) is 0 Å². The molecule has 0 bridgehead atoms. The van der Waals surface area contributed by atoms with Gasteiger partial charge in [-0.1, -0.05) is 0 Å². The minimum atomic E-state index is -4.86. The highest BCUT2D eigenvalue weighted by atomic mass is 31.2. The van der Waals surface area contributed by atoms with E-state index in [9.17, 15) is 9.36 Å². The fourth-order valence-electron chi connectivity index (χ4n) is 0.144. The molecule has 1 atom stereocenters. The van der Waals surface area contributed by atoms with E-state index in [4.69, 9.17) is 20.0 Å². The SMILES string of the molecule is O=C(O)[C@@H](O)P(=O)(O)O. The molecule has 0 aliphatic heterocycles. The number of carboxylic acids is 1. The van der Waals surface area contributed by atoms with Crippen LogP contribution in [0.4, 0.5) is 0 Å². The lowest BCUT2D eigenvalue weighted by Gasteiger charge is -2.05. The van der Waals surface area contributed by atoms with Gasteiger partial charge in [-0.25, -0.2) is 4.79 Å². The second-order valence-electron chi connectivity index (χ2n) is 1.30. The average Bonchev–Trinajstić information content (AvgIpc) is 1.62. The van der Waals surface area contributed by atoms with Crippen molar-refractivity contribution >= 4 is 13.6 Å². The van der Waals surface area contributed by atoms with Gasteiger partial charge in [0.05, 0.1) is 0 Å². The van der Waals surface area contributed by atoms with Crippen LogP contribution in [0.1, 0.15) is 0 Å². The number of aliphatic hydroxyl groups is 1. The molecule has 0 heterocycles. The Hall–Kier alpha value is -0.420. The summed E-state index contributed by atoms with van der Waals surface area (Å²) in [6.07, 6.45) is 0. The maximum absolute atomic E-state index is 9.84. The Labute approximate surface area is 49.9 Å². The van der Waals surface area contributed by atoms with Crippen molar-refractivity contribution in [2.24, 2.45) is 0 Å². The Morgan fingerprint density at radius 2 is 1.78 bits per heavy atom. The molecule has 9 heavy (non-hydrogen) atoms.